The number of ether oxygens (including phenoxy) is 1. The number of benzene rings is 1. The molecule has 0 unspecified atom stereocenters. The second kappa shape index (κ2) is 7.45. The highest BCUT2D eigenvalue weighted by molar-refractivity contribution is 7.11. The molecule has 0 saturated heterocycles. The summed E-state index contributed by atoms with van der Waals surface area (Å²) in [7, 11) is 0. The van der Waals surface area contributed by atoms with Crippen molar-refractivity contribution in [3.05, 3.63) is 50.1 Å². The number of carbonyl (C=O) groups excluding carboxylic acids is 1. The molecule has 1 amide bonds. The molecule has 0 atom stereocenters. The molecule has 2 rings (SSSR count). The highest BCUT2D eigenvalue weighted by Gasteiger charge is 2.06. The van der Waals surface area contributed by atoms with Gasteiger partial charge in [-0.25, -0.2) is 5.43 Å². The molecule has 0 bridgehead atoms. The molecule has 110 valence electrons. The molecule has 4 nitrogen and oxygen atoms in total. The highest BCUT2D eigenvalue weighted by Crippen LogP contribution is 2.27. The Bertz CT molecular complexity index is 671. The molecule has 7 heteroatoms. The summed E-state index contributed by atoms with van der Waals surface area (Å²) in [6.07, 6.45) is 1.60. The first-order chi connectivity index (χ1) is 10.1. The van der Waals surface area contributed by atoms with Gasteiger partial charge in [-0.3, -0.25) is 4.79 Å². The van der Waals surface area contributed by atoms with Crippen LogP contribution in [0, 0.1) is 6.92 Å². The van der Waals surface area contributed by atoms with Crippen molar-refractivity contribution in [3.63, 3.8) is 0 Å². The number of hydrogen-bond donors (Lipinski definition) is 1. The zero-order valence-corrected chi connectivity index (χ0v) is 13.4. The van der Waals surface area contributed by atoms with Gasteiger partial charge in [0.1, 0.15) is 5.75 Å². The molecule has 0 fully saturated rings. The number of halogens is 2. The van der Waals surface area contributed by atoms with E-state index in [9.17, 15) is 4.79 Å². The fraction of sp³-hybridized carbons (Fsp3) is 0.143. The summed E-state index contributed by atoms with van der Waals surface area (Å²) in [5.74, 6) is -0.0195. The number of hydrogen-bond acceptors (Lipinski definition) is 4. The van der Waals surface area contributed by atoms with E-state index in [1.54, 1.807) is 35.8 Å². The Morgan fingerprint density at radius 3 is 2.95 bits per heavy atom. The summed E-state index contributed by atoms with van der Waals surface area (Å²) < 4.78 is 5.29. The van der Waals surface area contributed by atoms with Crippen LogP contribution in [0.1, 0.15) is 10.4 Å². The molecule has 0 spiro atoms. The molecule has 1 N–H and O–H groups in total. The topological polar surface area (TPSA) is 50.7 Å². The number of carbonyl (C=O) groups is 1. The molecule has 2 aromatic rings. The Labute approximate surface area is 136 Å². The van der Waals surface area contributed by atoms with E-state index >= 15 is 0 Å². The fourth-order valence-electron chi connectivity index (χ4n) is 1.44. The van der Waals surface area contributed by atoms with Crippen LogP contribution < -0.4 is 10.2 Å². The molecular formula is C14H12Cl2N2O2S. The van der Waals surface area contributed by atoms with Crippen LogP contribution in [-0.2, 0) is 4.79 Å². The van der Waals surface area contributed by atoms with E-state index in [0.29, 0.717) is 15.8 Å². The molecule has 0 aliphatic heterocycles. The lowest BCUT2D eigenvalue weighted by molar-refractivity contribution is -0.123. The minimum absolute atomic E-state index is 0.194. The average Bonchev–Trinajstić information content (AvgIpc) is 2.85. The van der Waals surface area contributed by atoms with Gasteiger partial charge in [-0.05, 0) is 36.1 Å². The van der Waals surface area contributed by atoms with Crippen molar-refractivity contribution in [3.8, 4) is 5.75 Å². The normalized spacial score (nSPS) is 10.8. The van der Waals surface area contributed by atoms with Gasteiger partial charge < -0.3 is 4.74 Å². The molecule has 0 aliphatic rings. The van der Waals surface area contributed by atoms with Gasteiger partial charge >= 0.3 is 0 Å². The first kappa shape index (κ1) is 15.8. The van der Waals surface area contributed by atoms with Crippen LogP contribution in [0.15, 0.2) is 34.7 Å². The van der Waals surface area contributed by atoms with E-state index in [1.807, 2.05) is 18.4 Å². The number of rotatable bonds is 5. The number of nitrogens with zero attached hydrogens (tertiary/aromatic N) is 1. The van der Waals surface area contributed by atoms with Crippen LogP contribution in [0.3, 0.4) is 0 Å². The van der Waals surface area contributed by atoms with E-state index in [1.165, 1.54) is 0 Å². The quantitative estimate of drug-likeness (QED) is 0.661. The molecule has 1 heterocycles. The summed E-state index contributed by atoms with van der Waals surface area (Å²) in [4.78, 5) is 12.6. The smallest absolute Gasteiger partial charge is 0.277 e. The van der Waals surface area contributed by atoms with Crippen LogP contribution >= 0.6 is 34.5 Å². The number of amides is 1. The number of nitrogens with one attached hydrogen (secondary N) is 1. The van der Waals surface area contributed by atoms with Gasteiger partial charge in [-0.2, -0.15) is 5.10 Å². The van der Waals surface area contributed by atoms with Crippen molar-refractivity contribution in [2.75, 3.05) is 6.61 Å². The number of aryl methyl sites for hydroxylation is 1. The summed E-state index contributed by atoms with van der Waals surface area (Å²) in [6, 6.07) is 6.78. The average molecular weight is 343 g/mol. The van der Waals surface area contributed by atoms with E-state index in [0.717, 1.165) is 10.4 Å². The lowest BCUT2D eigenvalue weighted by Gasteiger charge is -2.07. The predicted octanol–water partition coefficient (Wildman–Crippen LogP) is 3.89. The van der Waals surface area contributed by atoms with E-state index in [-0.39, 0.29) is 12.5 Å². The first-order valence-electron chi connectivity index (χ1n) is 6.00. The standard InChI is InChI=1S/C14H12Cl2N2O2S/c1-9-4-5-21-13(9)7-17-18-14(19)8-20-12-6-10(15)2-3-11(12)16/h2-7H,8H2,1H3,(H,18,19)/b17-7+. The van der Waals surface area contributed by atoms with Gasteiger partial charge in [0.05, 0.1) is 11.2 Å². The van der Waals surface area contributed by atoms with Crippen molar-refractivity contribution >= 4 is 46.7 Å². The summed E-state index contributed by atoms with van der Waals surface area (Å²) in [5, 5.41) is 6.72. The molecule has 1 aromatic heterocycles. The Hall–Kier alpha value is -1.56. The Balaban J connectivity index is 1.84. The molecule has 21 heavy (non-hydrogen) atoms. The van der Waals surface area contributed by atoms with Crippen molar-refractivity contribution in [2.45, 2.75) is 6.92 Å². The third-order valence-corrected chi connectivity index (χ3v) is 4.03. The second-order valence-corrected chi connectivity index (χ2v) is 5.92. The second-order valence-electron chi connectivity index (χ2n) is 4.12. The summed E-state index contributed by atoms with van der Waals surface area (Å²) >= 11 is 13.3. The largest absolute Gasteiger partial charge is 0.482 e. The van der Waals surface area contributed by atoms with E-state index < -0.39 is 0 Å². The lowest BCUT2D eigenvalue weighted by atomic mass is 10.3. The van der Waals surface area contributed by atoms with Crippen LogP contribution in [0.2, 0.25) is 10.0 Å². The number of hydrazone groups is 1. The molecule has 0 aliphatic carbocycles. The van der Waals surface area contributed by atoms with Gasteiger partial charge in [0, 0.05) is 16.0 Å². The Kier molecular flexibility index (Phi) is 5.61. The van der Waals surface area contributed by atoms with Crippen molar-refractivity contribution in [1.82, 2.24) is 5.43 Å². The van der Waals surface area contributed by atoms with Crippen molar-refractivity contribution in [1.29, 1.82) is 0 Å². The van der Waals surface area contributed by atoms with Gasteiger partial charge in [0.25, 0.3) is 5.91 Å². The molecule has 0 saturated carbocycles. The van der Waals surface area contributed by atoms with Crippen molar-refractivity contribution < 1.29 is 9.53 Å². The zero-order chi connectivity index (χ0) is 15.2. The monoisotopic (exact) mass is 342 g/mol. The van der Waals surface area contributed by atoms with E-state index in [4.69, 9.17) is 27.9 Å². The maximum Gasteiger partial charge on any atom is 0.277 e. The Morgan fingerprint density at radius 1 is 1.43 bits per heavy atom. The SMILES string of the molecule is Cc1ccsc1/C=N/NC(=O)COc1cc(Cl)ccc1Cl. The van der Waals surface area contributed by atoms with Crippen LogP contribution in [0.4, 0.5) is 0 Å². The zero-order valence-electron chi connectivity index (χ0n) is 11.1. The van der Waals surface area contributed by atoms with Gasteiger partial charge in [-0.1, -0.05) is 23.2 Å². The molecule has 0 radical (unpaired) electrons. The lowest BCUT2D eigenvalue weighted by Crippen LogP contribution is -2.24. The van der Waals surface area contributed by atoms with Gasteiger partial charge in [0.15, 0.2) is 6.61 Å². The summed E-state index contributed by atoms with van der Waals surface area (Å²) in [6.45, 7) is 1.78. The van der Waals surface area contributed by atoms with Crippen LogP contribution in [0.5, 0.6) is 5.75 Å². The molecular weight excluding hydrogens is 331 g/mol. The van der Waals surface area contributed by atoms with Crippen molar-refractivity contribution in [2.24, 2.45) is 5.10 Å². The first-order valence-corrected chi connectivity index (χ1v) is 7.63. The predicted molar refractivity (Wildman–Crippen MR) is 86.7 cm³/mol. The number of thiophene rings is 1. The minimum Gasteiger partial charge on any atom is -0.482 e. The molecule has 1 aromatic carbocycles. The van der Waals surface area contributed by atoms with Gasteiger partial charge in [-0.15, -0.1) is 11.3 Å². The Morgan fingerprint density at radius 2 is 2.24 bits per heavy atom. The third-order valence-electron chi connectivity index (χ3n) is 2.52. The van der Waals surface area contributed by atoms with Crippen LogP contribution in [0.25, 0.3) is 0 Å². The maximum atomic E-state index is 11.6. The van der Waals surface area contributed by atoms with E-state index in [2.05, 4.69) is 10.5 Å². The highest BCUT2D eigenvalue weighted by atomic mass is 35.5. The van der Waals surface area contributed by atoms with Crippen LogP contribution in [-0.4, -0.2) is 18.7 Å². The fourth-order valence-corrected chi connectivity index (χ4v) is 2.56. The van der Waals surface area contributed by atoms with Gasteiger partial charge in [0.2, 0.25) is 0 Å². The maximum absolute atomic E-state index is 11.6. The third kappa shape index (κ3) is 4.74. The summed E-state index contributed by atoms with van der Waals surface area (Å²) in [5.41, 5.74) is 3.50. The minimum atomic E-state index is -0.378.